The minimum Gasteiger partial charge on any atom is -0.508 e. The molecular formula is C13H9NO3. The number of anilines is 1. The number of hydrogen-bond acceptors (Lipinski definition) is 3. The van der Waals surface area contributed by atoms with Gasteiger partial charge in [-0.3, -0.25) is 4.79 Å². The number of aromatic hydroxyl groups is 1. The number of para-hydroxylation sites is 2. The van der Waals surface area contributed by atoms with E-state index in [1.165, 1.54) is 12.1 Å². The van der Waals surface area contributed by atoms with E-state index in [4.69, 9.17) is 4.74 Å². The van der Waals surface area contributed by atoms with Crippen molar-refractivity contribution in [2.45, 2.75) is 0 Å². The third-order valence-corrected chi connectivity index (χ3v) is 2.56. The summed E-state index contributed by atoms with van der Waals surface area (Å²) in [6.45, 7) is 0. The lowest BCUT2D eigenvalue weighted by atomic mass is 10.2. The molecule has 1 aliphatic rings. The number of phenolic OH excluding ortho intramolecular Hbond substituents is 1. The van der Waals surface area contributed by atoms with Crippen LogP contribution in [0.1, 0.15) is 10.4 Å². The lowest BCUT2D eigenvalue weighted by Gasteiger charge is -2.06. The first-order valence-corrected chi connectivity index (χ1v) is 5.15. The average Bonchev–Trinajstić information content (AvgIpc) is 2.46. The summed E-state index contributed by atoms with van der Waals surface area (Å²) in [6.07, 6.45) is 0. The summed E-state index contributed by atoms with van der Waals surface area (Å²) in [6, 6.07) is 11.6. The number of amides is 1. The summed E-state index contributed by atoms with van der Waals surface area (Å²) in [5.41, 5.74) is 0.939. The van der Waals surface area contributed by atoms with E-state index in [1.54, 1.807) is 18.2 Å². The van der Waals surface area contributed by atoms with Gasteiger partial charge in [0, 0.05) is 0 Å². The zero-order valence-corrected chi connectivity index (χ0v) is 8.81. The SMILES string of the molecule is O=C1Nc2ccccc2Oc2ccc(O)cc21. The standard InChI is InChI=1S/C13H9NO3/c15-8-5-6-11-9(7-8)13(16)14-10-3-1-2-4-12(10)17-11/h1-7,15H,(H,14,16). The molecule has 3 rings (SSSR count). The van der Waals surface area contributed by atoms with Crippen molar-refractivity contribution < 1.29 is 14.6 Å². The van der Waals surface area contributed by atoms with Gasteiger partial charge in [0.25, 0.3) is 5.91 Å². The second-order valence-corrected chi connectivity index (χ2v) is 3.73. The predicted octanol–water partition coefficient (Wildman–Crippen LogP) is 2.75. The molecule has 2 N–H and O–H groups in total. The van der Waals surface area contributed by atoms with Crippen LogP contribution in [0.25, 0.3) is 0 Å². The highest BCUT2D eigenvalue weighted by Gasteiger charge is 2.20. The molecule has 0 spiro atoms. The summed E-state index contributed by atoms with van der Waals surface area (Å²) >= 11 is 0. The molecule has 0 saturated carbocycles. The molecule has 0 bridgehead atoms. The molecule has 0 unspecified atom stereocenters. The Morgan fingerprint density at radius 3 is 2.76 bits per heavy atom. The maximum atomic E-state index is 11.9. The smallest absolute Gasteiger partial charge is 0.259 e. The molecule has 1 heterocycles. The fourth-order valence-electron chi connectivity index (χ4n) is 1.75. The van der Waals surface area contributed by atoms with Crippen LogP contribution in [0.3, 0.4) is 0 Å². The molecule has 0 saturated heterocycles. The van der Waals surface area contributed by atoms with Crippen LogP contribution in [0.15, 0.2) is 42.5 Å². The van der Waals surface area contributed by atoms with Crippen LogP contribution in [0.2, 0.25) is 0 Å². The summed E-state index contributed by atoms with van der Waals surface area (Å²) in [5, 5.41) is 12.1. The maximum absolute atomic E-state index is 11.9. The molecular weight excluding hydrogens is 218 g/mol. The average molecular weight is 227 g/mol. The molecule has 84 valence electrons. The molecule has 0 aromatic heterocycles. The summed E-state index contributed by atoms with van der Waals surface area (Å²) in [7, 11) is 0. The first-order valence-electron chi connectivity index (χ1n) is 5.15. The second kappa shape index (κ2) is 3.52. The number of phenols is 1. The number of carbonyl (C=O) groups excluding carboxylic acids is 1. The Labute approximate surface area is 97.5 Å². The number of hydrogen-bond donors (Lipinski definition) is 2. The first-order chi connectivity index (χ1) is 8.24. The fraction of sp³-hybridized carbons (Fsp3) is 0. The van der Waals surface area contributed by atoms with Crippen molar-refractivity contribution in [1.82, 2.24) is 0 Å². The third-order valence-electron chi connectivity index (χ3n) is 2.56. The van der Waals surface area contributed by atoms with Gasteiger partial charge in [-0.15, -0.1) is 0 Å². The lowest BCUT2D eigenvalue weighted by Crippen LogP contribution is -2.10. The van der Waals surface area contributed by atoms with E-state index in [0.29, 0.717) is 22.7 Å². The van der Waals surface area contributed by atoms with Crippen molar-refractivity contribution in [3.63, 3.8) is 0 Å². The third kappa shape index (κ3) is 1.59. The highest BCUT2D eigenvalue weighted by Crippen LogP contribution is 2.36. The van der Waals surface area contributed by atoms with E-state index in [9.17, 15) is 9.90 Å². The fourth-order valence-corrected chi connectivity index (χ4v) is 1.75. The van der Waals surface area contributed by atoms with Crippen LogP contribution in [0, 0.1) is 0 Å². The molecule has 0 fully saturated rings. The van der Waals surface area contributed by atoms with Crippen molar-refractivity contribution in [3.05, 3.63) is 48.0 Å². The van der Waals surface area contributed by atoms with E-state index < -0.39 is 0 Å². The van der Waals surface area contributed by atoms with Crippen molar-refractivity contribution >= 4 is 11.6 Å². The van der Waals surface area contributed by atoms with Gasteiger partial charge >= 0.3 is 0 Å². The van der Waals surface area contributed by atoms with Gasteiger partial charge in [-0.25, -0.2) is 0 Å². The van der Waals surface area contributed by atoms with E-state index in [2.05, 4.69) is 5.32 Å². The highest BCUT2D eigenvalue weighted by atomic mass is 16.5. The van der Waals surface area contributed by atoms with Gasteiger partial charge in [0.2, 0.25) is 0 Å². The number of nitrogens with one attached hydrogen (secondary N) is 1. The van der Waals surface area contributed by atoms with E-state index in [-0.39, 0.29) is 11.7 Å². The van der Waals surface area contributed by atoms with Crippen LogP contribution >= 0.6 is 0 Å². The van der Waals surface area contributed by atoms with Crippen molar-refractivity contribution in [1.29, 1.82) is 0 Å². The monoisotopic (exact) mass is 227 g/mol. The maximum Gasteiger partial charge on any atom is 0.259 e. The van der Waals surface area contributed by atoms with Gasteiger partial charge in [-0.2, -0.15) is 0 Å². The molecule has 4 heteroatoms. The molecule has 0 radical (unpaired) electrons. The quantitative estimate of drug-likeness (QED) is 0.727. The number of benzene rings is 2. The second-order valence-electron chi connectivity index (χ2n) is 3.73. The Balaban J connectivity index is 2.17. The lowest BCUT2D eigenvalue weighted by molar-refractivity contribution is 0.102. The van der Waals surface area contributed by atoms with E-state index in [0.717, 1.165) is 0 Å². The summed E-state index contributed by atoms with van der Waals surface area (Å²) < 4.78 is 5.63. The predicted molar refractivity (Wildman–Crippen MR) is 62.6 cm³/mol. The van der Waals surface area contributed by atoms with Crippen LogP contribution in [0.4, 0.5) is 5.69 Å². The van der Waals surface area contributed by atoms with Gasteiger partial charge in [-0.1, -0.05) is 12.1 Å². The topological polar surface area (TPSA) is 58.6 Å². The number of ether oxygens (including phenoxy) is 1. The Morgan fingerprint density at radius 1 is 1.06 bits per heavy atom. The van der Waals surface area contributed by atoms with Gasteiger partial charge in [-0.05, 0) is 30.3 Å². The largest absolute Gasteiger partial charge is 0.508 e. The minimum absolute atomic E-state index is 0.0356. The van der Waals surface area contributed by atoms with Gasteiger partial charge in [0.05, 0.1) is 11.3 Å². The Hall–Kier alpha value is -2.49. The molecule has 1 aliphatic heterocycles. The molecule has 0 atom stereocenters. The molecule has 0 aliphatic carbocycles. The highest BCUT2D eigenvalue weighted by molar-refractivity contribution is 6.08. The van der Waals surface area contributed by atoms with Crippen molar-refractivity contribution in [3.8, 4) is 17.2 Å². The number of rotatable bonds is 0. The minimum atomic E-state index is -0.291. The zero-order valence-electron chi connectivity index (χ0n) is 8.81. The van der Waals surface area contributed by atoms with Crippen LogP contribution in [0.5, 0.6) is 17.2 Å². The molecule has 4 nitrogen and oxygen atoms in total. The van der Waals surface area contributed by atoms with Gasteiger partial charge in [0.15, 0.2) is 5.75 Å². The van der Waals surface area contributed by atoms with Gasteiger partial charge < -0.3 is 15.2 Å². The Morgan fingerprint density at radius 2 is 1.88 bits per heavy atom. The number of carbonyl (C=O) groups is 1. The van der Waals surface area contributed by atoms with E-state index in [1.807, 2.05) is 12.1 Å². The van der Waals surface area contributed by atoms with Crippen LogP contribution in [-0.2, 0) is 0 Å². The molecule has 2 aromatic carbocycles. The Bertz CT molecular complexity index is 607. The van der Waals surface area contributed by atoms with E-state index >= 15 is 0 Å². The molecule has 2 aromatic rings. The van der Waals surface area contributed by atoms with Crippen LogP contribution in [-0.4, -0.2) is 11.0 Å². The first kappa shape index (κ1) is 9.72. The Kier molecular flexibility index (Phi) is 2.01. The van der Waals surface area contributed by atoms with Crippen molar-refractivity contribution in [2.24, 2.45) is 0 Å². The molecule has 17 heavy (non-hydrogen) atoms. The summed E-state index contributed by atoms with van der Waals surface area (Å²) in [4.78, 5) is 11.9. The zero-order chi connectivity index (χ0) is 11.8. The normalized spacial score (nSPS) is 12.8. The molecule has 1 amide bonds. The van der Waals surface area contributed by atoms with Crippen molar-refractivity contribution in [2.75, 3.05) is 5.32 Å². The summed E-state index contributed by atoms with van der Waals surface area (Å²) in [5.74, 6) is 0.768. The van der Waals surface area contributed by atoms with Crippen LogP contribution < -0.4 is 10.1 Å². The van der Waals surface area contributed by atoms with Gasteiger partial charge in [0.1, 0.15) is 11.5 Å². The number of fused-ring (bicyclic) bond motifs is 2.